The smallest absolute Gasteiger partial charge is 0.336 e. The summed E-state index contributed by atoms with van der Waals surface area (Å²) in [5, 5.41) is 4.06. The van der Waals surface area contributed by atoms with E-state index in [9.17, 15) is 9.59 Å². The predicted molar refractivity (Wildman–Crippen MR) is 121 cm³/mol. The fourth-order valence-corrected chi connectivity index (χ4v) is 4.71. The van der Waals surface area contributed by atoms with Crippen molar-refractivity contribution in [2.75, 3.05) is 19.7 Å². The normalized spacial score (nSPS) is 18.1. The molecule has 7 heteroatoms. The van der Waals surface area contributed by atoms with Crippen LogP contribution < -0.4 is 5.32 Å². The molecule has 1 unspecified atom stereocenters. The van der Waals surface area contributed by atoms with Crippen LogP contribution in [0, 0.1) is 0 Å². The molecule has 0 bridgehead atoms. The summed E-state index contributed by atoms with van der Waals surface area (Å²) in [5.41, 5.74) is 2.90. The highest BCUT2D eigenvalue weighted by atomic mass is 35.5. The van der Waals surface area contributed by atoms with Crippen molar-refractivity contribution in [1.29, 1.82) is 0 Å². The third kappa shape index (κ3) is 3.84. The zero-order valence-corrected chi connectivity index (χ0v) is 18.8. The number of rotatable bonds is 5. The summed E-state index contributed by atoms with van der Waals surface area (Å²) in [5.74, 6) is -0.557. The Bertz CT molecular complexity index is 1110. The molecule has 2 aliphatic rings. The molecule has 1 N–H and O–H groups in total. The lowest BCUT2D eigenvalue weighted by atomic mass is 9.78. The molecular formula is C24H22Cl2N2O3. The molecule has 2 aromatic carbocycles. The van der Waals surface area contributed by atoms with Gasteiger partial charge in [0.05, 0.1) is 28.7 Å². The molecule has 160 valence electrons. The number of carbonyl (C=O) groups excluding carboxylic acids is 2. The van der Waals surface area contributed by atoms with Crippen molar-refractivity contribution in [3.8, 4) is 0 Å². The molecule has 0 saturated carbocycles. The third-order valence-corrected chi connectivity index (χ3v) is 6.12. The van der Waals surface area contributed by atoms with Gasteiger partial charge in [0.1, 0.15) is 5.82 Å². The van der Waals surface area contributed by atoms with Gasteiger partial charge in [-0.05, 0) is 37.6 Å². The molecule has 31 heavy (non-hydrogen) atoms. The average molecular weight is 457 g/mol. The van der Waals surface area contributed by atoms with Gasteiger partial charge < -0.3 is 15.0 Å². The largest absolute Gasteiger partial charge is 0.463 e. The van der Waals surface area contributed by atoms with Crippen LogP contribution in [0.25, 0.3) is 0 Å². The number of ketones is 1. The molecule has 0 aliphatic carbocycles. The van der Waals surface area contributed by atoms with Gasteiger partial charge in [-0.3, -0.25) is 4.79 Å². The molecule has 1 atom stereocenters. The first kappa shape index (κ1) is 21.5. The molecule has 0 spiro atoms. The molecule has 2 heterocycles. The number of nitrogens with zero attached hydrogens (tertiary/aromatic N) is 1. The quantitative estimate of drug-likeness (QED) is 0.510. The number of nitrogens with one attached hydrogen (secondary N) is 1. The fraction of sp³-hybridized carbons (Fsp3) is 0.250. The van der Waals surface area contributed by atoms with Crippen LogP contribution in [0.1, 0.15) is 35.7 Å². The minimum atomic E-state index is -0.587. The first-order chi connectivity index (χ1) is 14.9. The van der Waals surface area contributed by atoms with E-state index in [1.54, 1.807) is 25.1 Å². The van der Waals surface area contributed by atoms with Crippen LogP contribution in [0.3, 0.4) is 0 Å². The van der Waals surface area contributed by atoms with Crippen LogP contribution >= 0.6 is 23.2 Å². The number of hydrogen-bond donors (Lipinski definition) is 1. The number of fused-ring (bicyclic) bond motifs is 1. The first-order valence-electron chi connectivity index (χ1n) is 10.1. The second kappa shape index (κ2) is 8.77. The molecule has 0 amide bonds. The molecule has 2 aromatic rings. The number of carbonyl (C=O) groups is 2. The zero-order chi connectivity index (χ0) is 22.1. The number of benzene rings is 2. The number of allylic oxidation sites excluding steroid dienone is 2. The summed E-state index contributed by atoms with van der Waals surface area (Å²) in [4.78, 5) is 28.9. The third-order valence-electron chi connectivity index (χ3n) is 5.57. The minimum Gasteiger partial charge on any atom is -0.463 e. The van der Waals surface area contributed by atoms with Crippen LogP contribution in [-0.4, -0.2) is 36.3 Å². The molecule has 0 aromatic heterocycles. The highest BCUT2D eigenvalue weighted by Gasteiger charge is 2.43. The van der Waals surface area contributed by atoms with Crippen LogP contribution in [0.2, 0.25) is 10.0 Å². The average Bonchev–Trinajstić information content (AvgIpc) is 3.24. The fourth-order valence-electron chi connectivity index (χ4n) is 4.22. The number of esters is 1. The van der Waals surface area contributed by atoms with Gasteiger partial charge in [0.2, 0.25) is 0 Å². The van der Waals surface area contributed by atoms with E-state index in [1.807, 2.05) is 42.2 Å². The second-order valence-corrected chi connectivity index (χ2v) is 8.20. The van der Waals surface area contributed by atoms with Crippen LogP contribution in [0.4, 0.5) is 0 Å². The molecule has 1 saturated heterocycles. The van der Waals surface area contributed by atoms with Gasteiger partial charge in [-0.15, -0.1) is 0 Å². The Morgan fingerprint density at radius 2 is 1.87 bits per heavy atom. The topological polar surface area (TPSA) is 58.6 Å². The van der Waals surface area contributed by atoms with E-state index in [1.165, 1.54) is 0 Å². The maximum Gasteiger partial charge on any atom is 0.336 e. The van der Waals surface area contributed by atoms with Crippen molar-refractivity contribution in [2.45, 2.75) is 19.8 Å². The van der Waals surface area contributed by atoms with Gasteiger partial charge in [0, 0.05) is 29.4 Å². The molecular weight excluding hydrogens is 435 g/mol. The summed E-state index contributed by atoms with van der Waals surface area (Å²) in [6, 6.07) is 14.3. The van der Waals surface area contributed by atoms with Crippen molar-refractivity contribution in [2.24, 2.45) is 0 Å². The van der Waals surface area contributed by atoms with E-state index in [0.717, 1.165) is 11.3 Å². The van der Waals surface area contributed by atoms with Crippen LogP contribution in [-0.2, 0) is 9.53 Å². The van der Waals surface area contributed by atoms with Crippen molar-refractivity contribution in [1.82, 2.24) is 10.2 Å². The highest BCUT2D eigenvalue weighted by Crippen LogP contribution is 2.44. The van der Waals surface area contributed by atoms with Gasteiger partial charge in [0.15, 0.2) is 5.78 Å². The van der Waals surface area contributed by atoms with Gasteiger partial charge >= 0.3 is 5.97 Å². The number of hydrogen-bond acceptors (Lipinski definition) is 5. The summed E-state index contributed by atoms with van der Waals surface area (Å²) >= 11 is 12.4. The van der Waals surface area contributed by atoms with Crippen molar-refractivity contribution in [3.05, 3.63) is 92.4 Å². The SMILES string of the molecule is CCOC(=O)C1=C(C)N2CCNC2=C(C(=O)c2ccc(Cl)cc2Cl)C1c1ccccc1. The summed E-state index contributed by atoms with van der Waals surface area (Å²) in [6.45, 7) is 5.22. The number of ether oxygens (including phenoxy) is 1. The summed E-state index contributed by atoms with van der Waals surface area (Å²) < 4.78 is 5.40. The Morgan fingerprint density at radius 3 is 2.55 bits per heavy atom. The van der Waals surface area contributed by atoms with Crippen molar-refractivity contribution < 1.29 is 14.3 Å². The van der Waals surface area contributed by atoms with Gasteiger partial charge in [0.25, 0.3) is 0 Å². The molecule has 2 aliphatic heterocycles. The van der Waals surface area contributed by atoms with E-state index < -0.39 is 11.9 Å². The lowest BCUT2D eigenvalue weighted by Gasteiger charge is -2.35. The number of halogens is 2. The van der Waals surface area contributed by atoms with Gasteiger partial charge in [-0.1, -0.05) is 53.5 Å². The van der Waals surface area contributed by atoms with Crippen LogP contribution in [0.15, 0.2) is 71.2 Å². The predicted octanol–water partition coefficient (Wildman–Crippen LogP) is 4.93. The number of Topliss-reactive ketones (excluding diaryl/α,β-unsaturated/α-hetero) is 1. The Kier molecular flexibility index (Phi) is 6.08. The van der Waals surface area contributed by atoms with E-state index in [4.69, 9.17) is 27.9 Å². The molecule has 4 rings (SSSR count). The lowest BCUT2D eigenvalue weighted by Crippen LogP contribution is -2.35. The monoisotopic (exact) mass is 456 g/mol. The Hall–Kier alpha value is -2.76. The molecule has 0 radical (unpaired) electrons. The maximum atomic E-state index is 13.9. The summed E-state index contributed by atoms with van der Waals surface area (Å²) in [6.07, 6.45) is 0. The van der Waals surface area contributed by atoms with Crippen molar-refractivity contribution in [3.63, 3.8) is 0 Å². The molecule has 1 fully saturated rings. The second-order valence-electron chi connectivity index (χ2n) is 7.36. The maximum absolute atomic E-state index is 13.9. The standard InChI is InChI=1S/C24H22Cl2N2O3/c1-3-31-24(30)19-14(2)28-12-11-27-23(28)21(20(19)15-7-5-4-6-8-15)22(29)17-10-9-16(25)13-18(17)26/h4-10,13,20,27H,3,11-12H2,1-2H3. The van der Waals surface area contributed by atoms with E-state index in [-0.39, 0.29) is 17.4 Å². The summed E-state index contributed by atoms with van der Waals surface area (Å²) in [7, 11) is 0. The minimum absolute atomic E-state index is 0.248. The van der Waals surface area contributed by atoms with Crippen LogP contribution in [0.5, 0.6) is 0 Å². The Balaban J connectivity index is 1.95. The Morgan fingerprint density at radius 1 is 1.13 bits per heavy atom. The van der Waals surface area contributed by atoms with E-state index in [0.29, 0.717) is 40.6 Å². The zero-order valence-electron chi connectivity index (χ0n) is 17.2. The van der Waals surface area contributed by atoms with E-state index in [2.05, 4.69) is 5.32 Å². The van der Waals surface area contributed by atoms with Crippen molar-refractivity contribution >= 4 is 35.0 Å². The molecule has 5 nitrogen and oxygen atoms in total. The highest BCUT2D eigenvalue weighted by molar-refractivity contribution is 6.37. The van der Waals surface area contributed by atoms with Gasteiger partial charge in [-0.25, -0.2) is 4.79 Å². The van der Waals surface area contributed by atoms with E-state index >= 15 is 0 Å². The Labute approximate surface area is 191 Å². The first-order valence-corrected chi connectivity index (χ1v) is 10.9. The lowest BCUT2D eigenvalue weighted by molar-refractivity contribution is -0.139. The van der Waals surface area contributed by atoms with Gasteiger partial charge in [-0.2, -0.15) is 0 Å².